The third kappa shape index (κ3) is 4.05. The van der Waals surface area contributed by atoms with Gasteiger partial charge in [-0.3, -0.25) is 9.10 Å². The van der Waals surface area contributed by atoms with Gasteiger partial charge in [0.25, 0.3) is 10.0 Å². The second kappa shape index (κ2) is 8.95. The molecule has 0 unspecified atom stereocenters. The zero-order valence-electron chi connectivity index (χ0n) is 19.0. The minimum atomic E-state index is -3.93. The average molecular weight is 471 g/mol. The van der Waals surface area contributed by atoms with Gasteiger partial charge < -0.3 is 5.32 Å². The molecule has 1 amide bonds. The van der Waals surface area contributed by atoms with Gasteiger partial charge in [0.05, 0.1) is 10.6 Å². The molecule has 0 atom stereocenters. The first-order chi connectivity index (χ1) is 16.5. The molecule has 0 fully saturated rings. The summed E-state index contributed by atoms with van der Waals surface area (Å²) in [5, 5.41) is 5.16. The fourth-order valence-electron chi connectivity index (χ4n) is 4.61. The van der Waals surface area contributed by atoms with Gasteiger partial charge in [-0.05, 0) is 71.7 Å². The van der Waals surface area contributed by atoms with Crippen molar-refractivity contribution in [3.63, 3.8) is 0 Å². The number of sulfonamides is 1. The summed E-state index contributed by atoms with van der Waals surface area (Å²) in [6, 6.07) is 25.6. The van der Waals surface area contributed by atoms with E-state index in [9.17, 15) is 13.2 Å². The Morgan fingerprint density at radius 2 is 1.56 bits per heavy atom. The van der Waals surface area contributed by atoms with Crippen molar-refractivity contribution in [2.24, 2.45) is 0 Å². The molecule has 1 aliphatic carbocycles. The van der Waals surface area contributed by atoms with Crippen molar-refractivity contribution in [3.8, 4) is 0 Å². The molecule has 5 nitrogen and oxygen atoms in total. The van der Waals surface area contributed by atoms with Crippen molar-refractivity contribution in [3.05, 3.63) is 102 Å². The molecule has 0 aliphatic heterocycles. The van der Waals surface area contributed by atoms with Crippen LogP contribution in [0.3, 0.4) is 0 Å². The largest absolute Gasteiger partial charge is 0.324 e. The maximum atomic E-state index is 13.5. The highest BCUT2D eigenvalue weighted by molar-refractivity contribution is 7.92. The lowest BCUT2D eigenvalue weighted by Gasteiger charge is -2.24. The summed E-state index contributed by atoms with van der Waals surface area (Å²) >= 11 is 0. The Balaban J connectivity index is 1.48. The predicted octanol–water partition coefficient (Wildman–Crippen LogP) is 5.33. The van der Waals surface area contributed by atoms with Crippen LogP contribution in [0, 0.1) is 0 Å². The molecule has 1 aliphatic rings. The molecule has 0 spiro atoms. The SMILES string of the molecule is CCc1ccc(N(CC(=O)Nc2ccc3c4c(cccc24)CC3)S(=O)(=O)c2ccccc2)cc1. The molecule has 0 radical (unpaired) electrons. The van der Waals surface area contributed by atoms with Gasteiger partial charge in [0.15, 0.2) is 0 Å². The molecule has 172 valence electrons. The van der Waals surface area contributed by atoms with E-state index in [-0.39, 0.29) is 11.4 Å². The van der Waals surface area contributed by atoms with Gasteiger partial charge in [0.2, 0.25) is 5.91 Å². The van der Waals surface area contributed by atoms with Crippen LogP contribution in [0.4, 0.5) is 11.4 Å². The standard InChI is InChI=1S/C28H26N2O3S/c1-2-20-11-16-23(17-12-20)30(34(32,33)24-8-4-3-5-9-24)19-27(31)29-26-18-15-22-14-13-21-7-6-10-25(26)28(21)22/h3-12,15-18H,2,13-14,19H2,1H3,(H,29,31). The Morgan fingerprint density at radius 3 is 2.26 bits per heavy atom. The van der Waals surface area contributed by atoms with E-state index in [0.717, 1.165) is 30.2 Å². The number of carbonyl (C=O) groups is 1. The molecule has 0 heterocycles. The summed E-state index contributed by atoms with van der Waals surface area (Å²) < 4.78 is 28.2. The van der Waals surface area contributed by atoms with Crippen molar-refractivity contribution in [2.45, 2.75) is 31.1 Å². The van der Waals surface area contributed by atoms with Gasteiger partial charge in [-0.1, -0.05) is 61.5 Å². The zero-order valence-corrected chi connectivity index (χ0v) is 19.8. The van der Waals surface area contributed by atoms with E-state index >= 15 is 0 Å². The molecule has 5 rings (SSSR count). The second-order valence-corrected chi connectivity index (χ2v) is 10.4. The predicted molar refractivity (Wildman–Crippen MR) is 137 cm³/mol. The Bertz CT molecular complexity index is 1450. The van der Waals surface area contributed by atoms with Gasteiger partial charge in [-0.25, -0.2) is 8.42 Å². The van der Waals surface area contributed by atoms with Crippen LogP contribution in [-0.2, 0) is 34.1 Å². The number of nitrogens with one attached hydrogen (secondary N) is 1. The normalized spacial score (nSPS) is 12.6. The summed E-state index contributed by atoms with van der Waals surface area (Å²) in [4.78, 5) is 13.4. The van der Waals surface area contributed by atoms with Crippen LogP contribution < -0.4 is 9.62 Å². The van der Waals surface area contributed by atoms with Crippen molar-refractivity contribution >= 4 is 38.1 Å². The third-order valence-electron chi connectivity index (χ3n) is 6.40. The van der Waals surface area contributed by atoms with E-state index in [2.05, 4.69) is 17.4 Å². The van der Waals surface area contributed by atoms with Crippen molar-refractivity contribution in [1.82, 2.24) is 0 Å². The number of nitrogens with zero attached hydrogens (tertiary/aromatic N) is 1. The van der Waals surface area contributed by atoms with E-state index in [1.54, 1.807) is 42.5 Å². The minimum Gasteiger partial charge on any atom is -0.324 e. The summed E-state index contributed by atoms with van der Waals surface area (Å²) in [6.07, 6.45) is 2.85. The fraction of sp³-hybridized carbons (Fsp3) is 0.179. The molecule has 0 saturated heterocycles. The van der Waals surface area contributed by atoms with Crippen LogP contribution in [0.5, 0.6) is 0 Å². The number of hydrogen-bond acceptors (Lipinski definition) is 3. The van der Waals surface area contributed by atoms with Gasteiger partial charge in [-0.2, -0.15) is 0 Å². The molecular weight excluding hydrogens is 444 g/mol. The average Bonchev–Trinajstić information content (AvgIpc) is 3.29. The smallest absolute Gasteiger partial charge is 0.264 e. The lowest BCUT2D eigenvalue weighted by atomic mass is 10.0. The Kier molecular flexibility index (Phi) is 5.84. The quantitative estimate of drug-likeness (QED) is 0.397. The first-order valence-corrected chi connectivity index (χ1v) is 12.9. The highest BCUT2D eigenvalue weighted by Crippen LogP contribution is 2.35. The van der Waals surface area contributed by atoms with E-state index in [4.69, 9.17) is 0 Å². The van der Waals surface area contributed by atoms with Crippen LogP contribution in [0.2, 0.25) is 0 Å². The van der Waals surface area contributed by atoms with Crippen molar-refractivity contribution in [2.75, 3.05) is 16.2 Å². The summed E-state index contributed by atoms with van der Waals surface area (Å²) in [7, 11) is -3.93. The van der Waals surface area contributed by atoms with Crippen LogP contribution in [0.1, 0.15) is 23.6 Å². The van der Waals surface area contributed by atoms with E-state index in [1.807, 2.05) is 37.3 Å². The lowest BCUT2D eigenvalue weighted by molar-refractivity contribution is -0.114. The first kappa shape index (κ1) is 22.2. The molecule has 4 aromatic carbocycles. The Hall–Kier alpha value is -3.64. The molecule has 0 aromatic heterocycles. The van der Waals surface area contributed by atoms with Crippen LogP contribution in [0.25, 0.3) is 10.8 Å². The highest BCUT2D eigenvalue weighted by Gasteiger charge is 2.27. The highest BCUT2D eigenvalue weighted by atomic mass is 32.2. The number of benzene rings is 4. The summed E-state index contributed by atoms with van der Waals surface area (Å²) in [6.45, 7) is 1.71. The van der Waals surface area contributed by atoms with Crippen LogP contribution in [-0.4, -0.2) is 20.9 Å². The number of amides is 1. The van der Waals surface area contributed by atoms with Gasteiger partial charge in [-0.15, -0.1) is 0 Å². The second-order valence-electron chi connectivity index (χ2n) is 8.50. The van der Waals surface area contributed by atoms with Crippen molar-refractivity contribution in [1.29, 1.82) is 0 Å². The Morgan fingerprint density at radius 1 is 0.853 bits per heavy atom. The molecular formula is C28H26N2O3S. The molecule has 6 heteroatoms. The fourth-order valence-corrected chi connectivity index (χ4v) is 6.05. The molecule has 34 heavy (non-hydrogen) atoms. The molecule has 4 aromatic rings. The van der Waals surface area contributed by atoms with Crippen molar-refractivity contribution < 1.29 is 13.2 Å². The van der Waals surface area contributed by atoms with Crippen LogP contribution >= 0.6 is 0 Å². The number of carbonyl (C=O) groups excluding carboxylic acids is 1. The molecule has 0 bridgehead atoms. The maximum absolute atomic E-state index is 13.5. The van der Waals surface area contributed by atoms with Gasteiger partial charge in [0.1, 0.15) is 6.54 Å². The number of aryl methyl sites for hydroxylation is 3. The summed E-state index contributed by atoms with van der Waals surface area (Å²) in [5.41, 5.74) is 4.82. The summed E-state index contributed by atoms with van der Waals surface area (Å²) in [5.74, 6) is -0.391. The maximum Gasteiger partial charge on any atom is 0.264 e. The van der Waals surface area contributed by atoms with Gasteiger partial charge >= 0.3 is 0 Å². The number of anilines is 2. The lowest BCUT2D eigenvalue weighted by Crippen LogP contribution is -2.38. The van der Waals surface area contributed by atoms with E-state index in [0.29, 0.717) is 11.4 Å². The monoisotopic (exact) mass is 470 g/mol. The van der Waals surface area contributed by atoms with Gasteiger partial charge in [0, 0.05) is 11.1 Å². The first-order valence-electron chi connectivity index (χ1n) is 11.5. The number of hydrogen-bond donors (Lipinski definition) is 1. The van der Waals surface area contributed by atoms with Crippen LogP contribution in [0.15, 0.2) is 89.8 Å². The molecule has 0 saturated carbocycles. The van der Waals surface area contributed by atoms with E-state index in [1.165, 1.54) is 20.8 Å². The minimum absolute atomic E-state index is 0.146. The topological polar surface area (TPSA) is 66.5 Å². The zero-order chi connectivity index (χ0) is 23.7. The third-order valence-corrected chi connectivity index (χ3v) is 8.19. The van der Waals surface area contributed by atoms with E-state index < -0.39 is 15.9 Å². The molecule has 1 N–H and O–H groups in total. The number of rotatable bonds is 7. The Labute approximate surface area is 200 Å².